The molecule has 1 heterocycles. The zero-order valence-electron chi connectivity index (χ0n) is 13.2. The smallest absolute Gasteiger partial charge is 0.311 e. The highest BCUT2D eigenvalue weighted by Crippen LogP contribution is 2.38. The first-order valence-corrected chi connectivity index (χ1v) is 7.21. The highest BCUT2D eigenvalue weighted by molar-refractivity contribution is 5.80. The van der Waals surface area contributed by atoms with Gasteiger partial charge in [0.2, 0.25) is 0 Å². The molecule has 20 heavy (non-hydrogen) atoms. The largest absolute Gasteiger partial charge is 0.466 e. The maximum absolute atomic E-state index is 12.3. The van der Waals surface area contributed by atoms with E-state index in [4.69, 9.17) is 14.2 Å². The summed E-state index contributed by atoms with van der Waals surface area (Å²) in [4.78, 5) is 24.2. The molecule has 1 rings (SSSR count). The Labute approximate surface area is 121 Å². The molecule has 5 heteroatoms. The minimum absolute atomic E-state index is 0.0538. The molecule has 0 aromatic carbocycles. The van der Waals surface area contributed by atoms with Crippen LogP contribution in [0.3, 0.4) is 0 Å². The van der Waals surface area contributed by atoms with Gasteiger partial charge in [-0.15, -0.1) is 0 Å². The molecule has 2 unspecified atom stereocenters. The van der Waals surface area contributed by atoms with Gasteiger partial charge in [-0.1, -0.05) is 6.92 Å². The fourth-order valence-corrected chi connectivity index (χ4v) is 2.22. The van der Waals surface area contributed by atoms with Gasteiger partial charge in [0.1, 0.15) is 12.7 Å². The molecule has 1 aliphatic heterocycles. The van der Waals surface area contributed by atoms with Gasteiger partial charge in [-0.25, -0.2) is 0 Å². The molecule has 1 aliphatic rings. The SMILES string of the molecule is CCOC(=O)C(C)(C)CC(C)(CC)C(=O)OCC1CO1. The molecule has 0 aromatic rings. The van der Waals surface area contributed by atoms with E-state index < -0.39 is 10.8 Å². The molecule has 0 aliphatic carbocycles. The van der Waals surface area contributed by atoms with E-state index in [1.54, 1.807) is 20.8 Å². The van der Waals surface area contributed by atoms with Crippen molar-refractivity contribution in [2.45, 2.75) is 53.6 Å². The molecular weight excluding hydrogens is 260 g/mol. The number of esters is 2. The van der Waals surface area contributed by atoms with Crippen LogP contribution in [0.25, 0.3) is 0 Å². The molecule has 1 fully saturated rings. The highest BCUT2D eigenvalue weighted by atomic mass is 16.6. The minimum atomic E-state index is -0.712. The van der Waals surface area contributed by atoms with Crippen LogP contribution in [0.5, 0.6) is 0 Å². The lowest BCUT2D eigenvalue weighted by Gasteiger charge is -2.33. The Kier molecular flexibility index (Phi) is 5.57. The Balaban J connectivity index is 2.65. The Hall–Kier alpha value is -1.10. The number of ether oxygens (including phenoxy) is 3. The molecule has 2 atom stereocenters. The van der Waals surface area contributed by atoms with Gasteiger partial charge in [-0.3, -0.25) is 9.59 Å². The molecule has 0 saturated carbocycles. The molecule has 0 aromatic heterocycles. The average molecular weight is 286 g/mol. The van der Waals surface area contributed by atoms with Crippen molar-refractivity contribution in [3.05, 3.63) is 0 Å². The van der Waals surface area contributed by atoms with Crippen molar-refractivity contribution in [2.75, 3.05) is 19.8 Å². The van der Waals surface area contributed by atoms with E-state index in [0.29, 0.717) is 32.7 Å². The summed E-state index contributed by atoms with van der Waals surface area (Å²) in [5.74, 6) is -0.550. The van der Waals surface area contributed by atoms with Crippen LogP contribution in [-0.4, -0.2) is 37.9 Å². The number of hydrogen-bond donors (Lipinski definition) is 0. The number of carbonyl (C=O) groups excluding carboxylic acids is 2. The average Bonchev–Trinajstić information content (AvgIpc) is 3.19. The fraction of sp³-hybridized carbons (Fsp3) is 0.867. The molecule has 0 bridgehead atoms. The normalized spacial score (nSPS) is 20.9. The molecule has 1 saturated heterocycles. The molecule has 0 N–H and O–H groups in total. The number of hydrogen-bond acceptors (Lipinski definition) is 5. The summed E-state index contributed by atoms with van der Waals surface area (Å²) >= 11 is 0. The van der Waals surface area contributed by atoms with Crippen LogP contribution in [0.15, 0.2) is 0 Å². The predicted octanol–water partition coefficient (Wildman–Crippen LogP) is 2.32. The lowest BCUT2D eigenvalue weighted by molar-refractivity contribution is -0.163. The topological polar surface area (TPSA) is 65.1 Å². The van der Waals surface area contributed by atoms with Crippen molar-refractivity contribution >= 4 is 11.9 Å². The van der Waals surface area contributed by atoms with Gasteiger partial charge in [-0.05, 0) is 40.5 Å². The van der Waals surface area contributed by atoms with Crippen LogP contribution < -0.4 is 0 Å². The van der Waals surface area contributed by atoms with Crippen LogP contribution in [0.1, 0.15) is 47.5 Å². The Morgan fingerprint density at radius 2 is 1.75 bits per heavy atom. The highest BCUT2D eigenvalue weighted by Gasteiger charge is 2.43. The minimum Gasteiger partial charge on any atom is -0.466 e. The van der Waals surface area contributed by atoms with Gasteiger partial charge < -0.3 is 14.2 Å². The van der Waals surface area contributed by atoms with Crippen molar-refractivity contribution in [1.82, 2.24) is 0 Å². The second-order valence-electron chi connectivity index (χ2n) is 6.25. The molecule has 116 valence electrons. The summed E-state index contributed by atoms with van der Waals surface area (Å²) in [6.45, 7) is 10.4. The maximum Gasteiger partial charge on any atom is 0.311 e. The quantitative estimate of drug-likeness (QED) is 0.506. The zero-order chi connectivity index (χ0) is 15.4. The monoisotopic (exact) mass is 286 g/mol. The van der Waals surface area contributed by atoms with E-state index in [9.17, 15) is 9.59 Å². The Bertz CT molecular complexity index is 359. The Morgan fingerprint density at radius 3 is 2.20 bits per heavy atom. The second kappa shape index (κ2) is 6.57. The van der Waals surface area contributed by atoms with Crippen LogP contribution in [0, 0.1) is 10.8 Å². The third kappa shape index (κ3) is 4.47. The molecule has 5 nitrogen and oxygen atoms in total. The van der Waals surface area contributed by atoms with E-state index in [-0.39, 0.29) is 18.0 Å². The van der Waals surface area contributed by atoms with Gasteiger partial charge in [0.15, 0.2) is 0 Å². The first-order valence-electron chi connectivity index (χ1n) is 7.21. The summed E-state index contributed by atoms with van der Waals surface area (Å²) < 4.78 is 15.4. The lowest BCUT2D eigenvalue weighted by Crippen LogP contribution is -2.39. The molecular formula is C15H26O5. The van der Waals surface area contributed by atoms with Crippen molar-refractivity contribution in [3.8, 4) is 0 Å². The summed E-state index contributed by atoms with van der Waals surface area (Å²) in [7, 11) is 0. The van der Waals surface area contributed by atoms with Crippen molar-refractivity contribution < 1.29 is 23.8 Å². The van der Waals surface area contributed by atoms with Gasteiger partial charge in [-0.2, -0.15) is 0 Å². The number of rotatable bonds is 8. The Morgan fingerprint density at radius 1 is 1.15 bits per heavy atom. The zero-order valence-corrected chi connectivity index (χ0v) is 13.2. The summed E-state index contributed by atoms with van der Waals surface area (Å²) in [5, 5.41) is 0. The van der Waals surface area contributed by atoms with Gasteiger partial charge >= 0.3 is 11.9 Å². The van der Waals surface area contributed by atoms with Gasteiger partial charge in [0.05, 0.1) is 24.0 Å². The van der Waals surface area contributed by atoms with Crippen molar-refractivity contribution in [2.24, 2.45) is 10.8 Å². The van der Waals surface area contributed by atoms with Crippen molar-refractivity contribution in [3.63, 3.8) is 0 Å². The standard InChI is InChI=1S/C15H26O5/c1-6-15(5,13(17)20-9-11-8-19-11)10-14(3,4)12(16)18-7-2/h11H,6-10H2,1-5H3. The van der Waals surface area contributed by atoms with Crippen LogP contribution in [0.4, 0.5) is 0 Å². The first-order chi connectivity index (χ1) is 9.25. The predicted molar refractivity (Wildman–Crippen MR) is 74.1 cm³/mol. The molecule has 0 radical (unpaired) electrons. The van der Waals surface area contributed by atoms with E-state index in [1.807, 2.05) is 13.8 Å². The third-order valence-electron chi connectivity index (χ3n) is 3.74. The molecule has 0 amide bonds. The number of carbonyl (C=O) groups is 2. The van der Waals surface area contributed by atoms with E-state index in [2.05, 4.69) is 0 Å². The van der Waals surface area contributed by atoms with Gasteiger partial charge in [0.25, 0.3) is 0 Å². The summed E-state index contributed by atoms with van der Waals surface area (Å²) in [6.07, 6.45) is 1.07. The summed E-state index contributed by atoms with van der Waals surface area (Å²) in [5.41, 5.74) is -1.40. The van der Waals surface area contributed by atoms with Crippen molar-refractivity contribution in [1.29, 1.82) is 0 Å². The van der Waals surface area contributed by atoms with Crippen LogP contribution in [-0.2, 0) is 23.8 Å². The van der Waals surface area contributed by atoms with E-state index in [0.717, 1.165) is 0 Å². The third-order valence-corrected chi connectivity index (χ3v) is 3.74. The van der Waals surface area contributed by atoms with Gasteiger partial charge in [0, 0.05) is 0 Å². The second-order valence-corrected chi connectivity index (χ2v) is 6.25. The molecule has 0 spiro atoms. The number of epoxide rings is 1. The summed E-state index contributed by atoms with van der Waals surface area (Å²) in [6, 6.07) is 0. The van der Waals surface area contributed by atoms with Crippen LogP contribution >= 0.6 is 0 Å². The van der Waals surface area contributed by atoms with E-state index >= 15 is 0 Å². The maximum atomic E-state index is 12.3. The first kappa shape index (κ1) is 17.0. The fourth-order valence-electron chi connectivity index (χ4n) is 2.22. The van der Waals surface area contributed by atoms with Crippen LogP contribution in [0.2, 0.25) is 0 Å². The lowest BCUT2D eigenvalue weighted by atomic mass is 9.72. The van der Waals surface area contributed by atoms with E-state index in [1.165, 1.54) is 0 Å².